The van der Waals surface area contributed by atoms with Gasteiger partial charge >= 0.3 is 0 Å². The Bertz CT molecular complexity index is 1340. The molecule has 0 atom stereocenters. The summed E-state index contributed by atoms with van der Waals surface area (Å²) in [5.74, 6) is 0.0341. The van der Waals surface area contributed by atoms with E-state index in [0.717, 1.165) is 17.5 Å². The third-order valence-electron chi connectivity index (χ3n) is 6.53. The van der Waals surface area contributed by atoms with Crippen molar-refractivity contribution in [1.82, 2.24) is 0 Å². The van der Waals surface area contributed by atoms with Crippen LogP contribution in [-0.4, -0.2) is 13.5 Å². The van der Waals surface area contributed by atoms with Crippen molar-refractivity contribution in [1.29, 1.82) is 5.26 Å². The summed E-state index contributed by atoms with van der Waals surface area (Å²) >= 11 is 0. The second-order valence-electron chi connectivity index (χ2n) is 10.5. The molecule has 0 fully saturated rings. The molecule has 0 heterocycles. The van der Waals surface area contributed by atoms with Crippen LogP contribution in [0.1, 0.15) is 70.2 Å². The van der Waals surface area contributed by atoms with Crippen LogP contribution >= 0.6 is 0 Å². The maximum absolute atomic E-state index is 13.5. The lowest BCUT2D eigenvalue weighted by Crippen LogP contribution is -2.21. The van der Waals surface area contributed by atoms with Gasteiger partial charge in [0.25, 0.3) is 0 Å². The smallest absolute Gasteiger partial charge is 0.182 e. The van der Waals surface area contributed by atoms with Crippen molar-refractivity contribution >= 4 is 9.84 Å². The SMILES string of the molecule is CCC(C)(C)c1cc(S(=O)(=O)Cc2ccc(-c3ccccc3C#N)cc2)cc(C(C)(C)C)c1O. The van der Waals surface area contributed by atoms with Gasteiger partial charge in [-0.3, -0.25) is 0 Å². The summed E-state index contributed by atoms with van der Waals surface area (Å²) in [4.78, 5) is 0.227. The highest BCUT2D eigenvalue weighted by atomic mass is 32.2. The van der Waals surface area contributed by atoms with E-state index in [9.17, 15) is 18.8 Å². The largest absolute Gasteiger partial charge is 0.507 e. The van der Waals surface area contributed by atoms with Crippen LogP contribution in [-0.2, 0) is 26.4 Å². The molecule has 4 nitrogen and oxygen atoms in total. The molecule has 0 radical (unpaired) electrons. The minimum atomic E-state index is -3.66. The summed E-state index contributed by atoms with van der Waals surface area (Å²) < 4.78 is 27.0. The molecule has 0 unspecified atom stereocenters. The van der Waals surface area contributed by atoms with E-state index in [4.69, 9.17) is 0 Å². The Morgan fingerprint density at radius 2 is 1.50 bits per heavy atom. The normalized spacial score (nSPS) is 12.4. The molecule has 0 saturated carbocycles. The minimum absolute atomic E-state index is 0.145. The molecule has 1 N–H and O–H groups in total. The second-order valence-corrected chi connectivity index (χ2v) is 12.5. The number of hydrogen-bond acceptors (Lipinski definition) is 4. The topological polar surface area (TPSA) is 78.2 Å². The van der Waals surface area contributed by atoms with E-state index in [1.54, 1.807) is 30.3 Å². The minimum Gasteiger partial charge on any atom is -0.507 e. The van der Waals surface area contributed by atoms with E-state index >= 15 is 0 Å². The fraction of sp³-hybridized carbons (Fsp3) is 0.345. The van der Waals surface area contributed by atoms with Crippen LogP contribution < -0.4 is 0 Å². The molecule has 0 aromatic heterocycles. The molecule has 3 rings (SSSR count). The molecule has 0 bridgehead atoms. The van der Waals surface area contributed by atoms with Gasteiger partial charge in [-0.25, -0.2) is 8.42 Å². The van der Waals surface area contributed by atoms with Crippen LogP contribution in [0.3, 0.4) is 0 Å². The summed E-state index contributed by atoms with van der Waals surface area (Å²) in [6.45, 7) is 12.0. The van der Waals surface area contributed by atoms with Crippen molar-refractivity contribution in [2.75, 3.05) is 0 Å². The van der Waals surface area contributed by atoms with Gasteiger partial charge in [-0.05, 0) is 52.1 Å². The van der Waals surface area contributed by atoms with Crippen LogP contribution in [0.2, 0.25) is 0 Å². The van der Waals surface area contributed by atoms with Crippen LogP contribution in [0.25, 0.3) is 11.1 Å². The average Bonchev–Trinajstić information content (AvgIpc) is 2.78. The number of nitriles is 1. The summed E-state index contributed by atoms with van der Waals surface area (Å²) in [7, 11) is -3.66. The molecule has 34 heavy (non-hydrogen) atoms. The van der Waals surface area contributed by atoms with E-state index in [0.29, 0.717) is 22.3 Å². The van der Waals surface area contributed by atoms with Gasteiger partial charge in [0.15, 0.2) is 9.84 Å². The molecule has 0 amide bonds. The number of nitrogens with zero attached hydrogens (tertiary/aromatic N) is 1. The Hall–Kier alpha value is -3.10. The van der Waals surface area contributed by atoms with Crippen LogP contribution in [0.5, 0.6) is 5.75 Å². The van der Waals surface area contributed by atoms with E-state index in [1.165, 1.54) is 0 Å². The second kappa shape index (κ2) is 9.27. The van der Waals surface area contributed by atoms with Crippen molar-refractivity contribution in [3.8, 4) is 22.9 Å². The molecular formula is C29H33NO3S. The van der Waals surface area contributed by atoms with E-state index in [-0.39, 0.29) is 21.8 Å². The number of aromatic hydroxyl groups is 1. The van der Waals surface area contributed by atoms with Crippen LogP contribution in [0.15, 0.2) is 65.6 Å². The standard InChI is InChI=1S/C29H33NO3S/c1-7-29(5,6)26-17-23(16-25(27(26)31)28(2,3)4)34(32,33)19-20-12-14-21(15-13-20)24-11-9-8-10-22(24)18-30/h8-17,31H,7,19H2,1-6H3. The third-order valence-corrected chi connectivity index (χ3v) is 8.20. The van der Waals surface area contributed by atoms with Gasteiger partial charge in [-0.15, -0.1) is 0 Å². The Kier molecular flexibility index (Phi) is 6.96. The molecule has 178 valence electrons. The van der Waals surface area contributed by atoms with Crippen molar-refractivity contribution < 1.29 is 13.5 Å². The van der Waals surface area contributed by atoms with Crippen molar-refractivity contribution in [3.63, 3.8) is 0 Å². The van der Waals surface area contributed by atoms with Crippen molar-refractivity contribution in [2.45, 2.75) is 69.4 Å². The number of phenolic OH excluding ortho intramolecular Hbond substituents is 1. The Morgan fingerprint density at radius 1 is 0.912 bits per heavy atom. The van der Waals surface area contributed by atoms with Crippen molar-refractivity contribution in [2.24, 2.45) is 0 Å². The predicted octanol–water partition coefficient (Wildman–Crippen LogP) is 6.89. The highest BCUT2D eigenvalue weighted by Gasteiger charge is 2.31. The first kappa shape index (κ1) is 25.5. The van der Waals surface area contributed by atoms with Gasteiger partial charge in [0.1, 0.15) is 5.75 Å². The zero-order chi connectivity index (χ0) is 25.3. The molecular weight excluding hydrogens is 442 g/mol. The maximum Gasteiger partial charge on any atom is 0.182 e. The maximum atomic E-state index is 13.5. The number of sulfone groups is 1. The van der Waals surface area contributed by atoms with E-state index in [2.05, 4.69) is 6.07 Å². The molecule has 0 aliphatic carbocycles. The summed E-state index contributed by atoms with van der Waals surface area (Å²) in [6, 6.07) is 20.1. The first-order chi connectivity index (χ1) is 15.8. The van der Waals surface area contributed by atoms with Crippen molar-refractivity contribution in [3.05, 3.63) is 82.9 Å². The quantitative estimate of drug-likeness (QED) is 0.421. The number of benzene rings is 3. The van der Waals surface area contributed by atoms with Crippen LogP contribution in [0.4, 0.5) is 0 Å². The average molecular weight is 476 g/mol. The molecule has 0 saturated heterocycles. The van der Waals surface area contributed by atoms with E-state index in [1.807, 2.05) is 71.9 Å². The molecule has 5 heteroatoms. The molecule has 3 aromatic rings. The fourth-order valence-electron chi connectivity index (χ4n) is 3.98. The first-order valence-corrected chi connectivity index (χ1v) is 13.1. The summed E-state index contributed by atoms with van der Waals surface area (Å²) in [5, 5.41) is 20.4. The Balaban J connectivity index is 2.02. The summed E-state index contributed by atoms with van der Waals surface area (Å²) in [5.41, 5.74) is 3.43. The monoisotopic (exact) mass is 475 g/mol. The highest BCUT2D eigenvalue weighted by Crippen LogP contribution is 2.42. The predicted molar refractivity (Wildman–Crippen MR) is 138 cm³/mol. The van der Waals surface area contributed by atoms with Crippen LogP contribution in [0, 0.1) is 11.3 Å². The molecule has 0 aliphatic rings. The van der Waals surface area contributed by atoms with Gasteiger partial charge in [-0.2, -0.15) is 5.26 Å². The number of hydrogen-bond donors (Lipinski definition) is 1. The van der Waals surface area contributed by atoms with Gasteiger partial charge in [-0.1, -0.05) is 84.0 Å². The van der Waals surface area contributed by atoms with Gasteiger partial charge in [0.05, 0.1) is 22.3 Å². The zero-order valence-electron chi connectivity index (χ0n) is 20.8. The summed E-state index contributed by atoms with van der Waals surface area (Å²) in [6.07, 6.45) is 0.763. The molecule has 0 spiro atoms. The first-order valence-electron chi connectivity index (χ1n) is 11.5. The zero-order valence-corrected chi connectivity index (χ0v) is 21.6. The van der Waals surface area contributed by atoms with Gasteiger partial charge < -0.3 is 5.11 Å². The lowest BCUT2D eigenvalue weighted by Gasteiger charge is -2.30. The van der Waals surface area contributed by atoms with Gasteiger partial charge in [0.2, 0.25) is 0 Å². The lowest BCUT2D eigenvalue weighted by atomic mass is 9.77. The molecule has 0 aliphatic heterocycles. The third kappa shape index (κ3) is 5.18. The highest BCUT2D eigenvalue weighted by molar-refractivity contribution is 7.90. The molecule has 3 aromatic carbocycles. The Labute approximate surface area is 203 Å². The van der Waals surface area contributed by atoms with E-state index < -0.39 is 15.3 Å². The number of phenols is 1. The van der Waals surface area contributed by atoms with Gasteiger partial charge in [0, 0.05) is 11.1 Å². The Morgan fingerprint density at radius 3 is 2.06 bits per heavy atom. The number of rotatable bonds is 6. The fourth-order valence-corrected chi connectivity index (χ4v) is 5.37. The lowest BCUT2D eigenvalue weighted by molar-refractivity contribution is 0.408.